The molecule has 1 aromatic heterocycles. The number of anilines is 1. The number of imidazole rings is 1. The Balaban J connectivity index is 1.75. The molecule has 7 heteroatoms. The Morgan fingerprint density at radius 1 is 1.17 bits per heavy atom. The largest absolute Gasteiger partial charge is 0.507 e. The zero-order chi connectivity index (χ0) is 16.4. The molecule has 7 nitrogen and oxygen atoms in total. The van der Waals surface area contributed by atoms with Crippen LogP contribution in [0.1, 0.15) is 10.4 Å². The number of aromatic hydroxyl groups is 1. The van der Waals surface area contributed by atoms with E-state index in [1.54, 1.807) is 10.9 Å². The van der Waals surface area contributed by atoms with Gasteiger partial charge < -0.3 is 20.1 Å². The molecule has 0 bridgehead atoms. The highest BCUT2D eigenvalue weighted by Crippen LogP contribution is 2.22. The van der Waals surface area contributed by atoms with Gasteiger partial charge in [-0.3, -0.25) is 4.79 Å². The number of phenols is 1. The topological polar surface area (TPSA) is 104 Å². The van der Waals surface area contributed by atoms with Gasteiger partial charge in [-0.05, 0) is 24.3 Å². The molecule has 116 valence electrons. The van der Waals surface area contributed by atoms with E-state index < -0.39 is 11.7 Å². The summed E-state index contributed by atoms with van der Waals surface area (Å²) in [5.41, 5.74) is 1.74. The van der Waals surface area contributed by atoms with Crippen LogP contribution >= 0.6 is 0 Å². The van der Waals surface area contributed by atoms with Crippen LogP contribution in [0.2, 0.25) is 0 Å². The zero-order valence-corrected chi connectivity index (χ0v) is 11.9. The lowest BCUT2D eigenvalue weighted by molar-refractivity contribution is -0.116. The van der Waals surface area contributed by atoms with Crippen LogP contribution < -0.4 is 5.32 Å². The van der Waals surface area contributed by atoms with Crippen LogP contribution in [0.5, 0.6) is 5.75 Å². The summed E-state index contributed by atoms with van der Waals surface area (Å²) in [6, 6.07) is 11.3. The van der Waals surface area contributed by atoms with E-state index in [0.29, 0.717) is 5.69 Å². The second-order valence-corrected chi connectivity index (χ2v) is 4.95. The molecule has 0 saturated heterocycles. The molecule has 0 fully saturated rings. The summed E-state index contributed by atoms with van der Waals surface area (Å²) in [6.07, 6.45) is 1.58. The molecule has 0 saturated carbocycles. The van der Waals surface area contributed by atoms with Gasteiger partial charge in [0.15, 0.2) is 0 Å². The van der Waals surface area contributed by atoms with Crippen molar-refractivity contribution in [2.24, 2.45) is 0 Å². The Labute approximate surface area is 130 Å². The monoisotopic (exact) mass is 311 g/mol. The lowest BCUT2D eigenvalue weighted by atomic mass is 10.2. The Kier molecular flexibility index (Phi) is 3.68. The predicted molar refractivity (Wildman–Crippen MR) is 83.4 cm³/mol. The van der Waals surface area contributed by atoms with Crippen molar-refractivity contribution >= 4 is 28.6 Å². The first kappa shape index (κ1) is 14.6. The van der Waals surface area contributed by atoms with Crippen LogP contribution in [-0.2, 0) is 11.3 Å². The highest BCUT2D eigenvalue weighted by molar-refractivity contribution is 5.94. The van der Waals surface area contributed by atoms with Crippen molar-refractivity contribution in [2.45, 2.75) is 6.54 Å². The first-order chi connectivity index (χ1) is 11.0. The van der Waals surface area contributed by atoms with E-state index in [-0.39, 0.29) is 18.0 Å². The molecular formula is C16H13N3O4. The molecule has 0 aliphatic heterocycles. The summed E-state index contributed by atoms with van der Waals surface area (Å²) in [4.78, 5) is 27.1. The lowest BCUT2D eigenvalue weighted by Gasteiger charge is -2.08. The van der Waals surface area contributed by atoms with Crippen LogP contribution in [0.3, 0.4) is 0 Å². The van der Waals surface area contributed by atoms with Gasteiger partial charge in [0.05, 0.1) is 17.4 Å². The summed E-state index contributed by atoms with van der Waals surface area (Å²) in [5.74, 6) is -1.94. The van der Waals surface area contributed by atoms with E-state index in [2.05, 4.69) is 10.3 Å². The molecule has 3 rings (SSSR count). The lowest BCUT2D eigenvalue weighted by Crippen LogP contribution is -2.18. The van der Waals surface area contributed by atoms with Gasteiger partial charge in [-0.25, -0.2) is 9.78 Å². The molecule has 0 aliphatic carbocycles. The van der Waals surface area contributed by atoms with Gasteiger partial charge in [0.2, 0.25) is 5.91 Å². The van der Waals surface area contributed by atoms with Gasteiger partial charge in [0, 0.05) is 11.8 Å². The van der Waals surface area contributed by atoms with Crippen molar-refractivity contribution in [3.8, 4) is 5.75 Å². The molecule has 3 aromatic rings. The first-order valence-corrected chi connectivity index (χ1v) is 6.80. The number of benzene rings is 2. The predicted octanol–water partition coefficient (Wildman–Crippen LogP) is 2.08. The van der Waals surface area contributed by atoms with Crippen LogP contribution in [0, 0.1) is 0 Å². The van der Waals surface area contributed by atoms with Crippen LogP contribution in [-0.4, -0.2) is 31.6 Å². The fourth-order valence-corrected chi connectivity index (χ4v) is 2.28. The highest BCUT2D eigenvalue weighted by atomic mass is 16.4. The quantitative estimate of drug-likeness (QED) is 0.684. The Bertz CT molecular complexity index is 901. The Hall–Kier alpha value is -3.35. The number of fused-ring (bicyclic) bond motifs is 1. The van der Waals surface area contributed by atoms with Gasteiger partial charge in [0.25, 0.3) is 0 Å². The Morgan fingerprint density at radius 2 is 1.96 bits per heavy atom. The molecule has 1 amide bonds. The van der Waals surface area contributed by atoms with Crippen LogP contribution in [0.15, 0.2) is 48.8 Å². The molecule has 0 aliphatic rings. The average Bonchev–Trinajstić information content (AvgIpc) is 2.90. The molecular weight excluding hydrogens is 298 g/mol. The number of para-hydroxylation sites is 2. The van der Waals surface area contributed by atoms with Crippen molar-refractivity contribution in [2.75, 3.05) is 5.32 Å². The minimum Gasteiger partial charge on any atom is -0.507 e. The second-order valence-electron chi connectivity index (χ2n) is 4.95. The third kappa shape index (κ3) is 2.98. The number of hydrogen-bond acceptors (Lipinski definition) is 4. The number of amides is 1. The SMILES string of the molecule is O=C(Cn1cnc2ccccc21)Nc1ccc(C(=O)O)c(O)c1. The number of carbonyl (C=O) groups is 2. The first-order valence-electron chi connectivity index (χ1n) is 6.80. The van der Waals surface area contributed by atoms with E-state index in [1.165, 1.54) is 18.2 Å². The van der Waals surface area contributed by atoms with Crippen molar-refractivity contribution in [3.63, 3.8) is 0 Å². The summed E-state index contributed by atoms with van der Waals surface area (Å²) in [7, 11) is 0. The maximum absolute atomic E-state index is 12.1. The fraction of sp³-hybridized carbons (Fsp3) is 0.0625. The number of hydrogen-bond donors (Lipinski definition) is 3. The zero-order valence-electron chi connectivity index (χ0n) is 11.9. The number of carboxylic acid groups (broad SMARTS) is 1. The highest BCUT2D eigenvalue weighted by Gasteiger charge is 2.12. The molecule has 3 N–H and O–H groups in total. The Morgan fingerprint density at radius 3 is 2.70 bits per heavy atom. The minimum atomic E-state index is -1.23. The molecule has 0 spiro atoms. The van der Waals surface area contributed by atoms with Gasteiger partial charge in [-0.1, -0.05) is 12.1 Å². The molecule has 2 aromatic carbocycles. The second kappa shape index (κ2) is 5.80. The number of rotatable bonds is 4. The molecule has 23 heavy (non-hydrogen) atoms. The standard InChI is InChI=1S/C16H13N3O4/c20-14-7-10(5-6-11(14)16(22)23)18-15(21)8-19-9-17-12-3-1-2-4-13(12)19/h1-7,9,20H,8H2,(H,18,21)(H,22,23). The number of aromatic carboxylic acids is 1. The minimum absolute atomic E-state index is 0.0575. The van der Waals surface area contributed by atoms with Gasteiger partial charge in [0.1, 0.15) is 17.9 Å². The van der Waals surface area contributed by atoms with Gasteiger partial charge >= 0.3 is 5.97 Å². The summed E-state index contributed by atoms with van der Waals surface area (Å²) in [6.45, 7) is 0.0575. The molecule has 0 unspecified atom stereocenters. The normalized spacial score (nSPS) is 10.6. The smallest absolute Gasteiger partial charge is 0.339 e. The average molecular weight is 311 g/mol. The summed E-state index contributed by atoms with van der Waals surface area (Å²) in [5, 5.41) is 21.1. The maximum atomic E-state index is 12.1. The van der Waals surface area contributed by atoms with Crippen molar-refractivity contribution in [1.82, 2.24) is 9.55 Å². The maximum Gasteiger partial charge on any atom is 0.339 e. The summed E-state index contributed by atoms with van der Waals surface area (Å²) >= 11 is 0. The van der Waals surface area contributed by atoms with E-state index >= 15 is 0 Å². The van der Waals surface area contributed by atoms with Crippen LogP contribution in [0.4, 0.5) is 5.69 Å². The van der Waals surface area contributed by atoms with E-state index in [4.69, 9.17) is 5.11 Å². The molecule has 0 atom stereocenters. The van der Waals surface area contributed by atoms with Crippen molar-refractivity contribution < 1.29 is 19.8 Å². The van der Waals surface area contributed by atoms with Crippen molar-refractivity contribution in [3.05, 3.63) is 54.4 Å². The van der Waals surface area contributed by atoms with Crippen molar-refractivity contribution in [1.29, 1.82) is 0 Å². The van der Waals surface area contributed by atoms with E-state index in [0.717, 1.165) is 11.0 Å². The number of carbonyl (C=O) groups excluding carboxylic acids is 1. The summed E-state index contributed by atoms with van der Waals surface area (Å²) < 4.78 is 1.70. The third-order valence-electron chi connectivity index (χ3n) is 3.35. The number of carboxylic acids is 1. The van der Waals surface area contributed by atoms with Gasteiger partial charge in [-0.2, -0.15) is 0 Å². The van der Waals surface area contributed by atoms with E-state index in [9.17, 15) is 14.7 Å². The van der Waals surface area contributed by atoms with Crippen LogP contribution in [0.25, 0.3) is 11.0 Å². The molecule has 1 heterocycles. The van der Waals surface area contributed by atoms with Gasteiger partial charge in [-0.15, -0.1) is 0 Å². The molecule has 0 radical (unpaired) electrons. The number of aromatic nitrogens is 2. The number of nitrogens with zero attached hydrogens (tertiary/aromatic N) is 2. The fourth-order valence-electron chi connectivity index (χ4n) is 2.28. The number of nitrogens with one attached hydrogen (secondary N) is 1. The van der Waals surface area contributed by atoms with E-state index in [1.807, 2.05) is 24.3 Å². The third-order valence-corrected chi connectivity index (χ3v) is 3.35.